The third-order valence-electron chi connectivity index (χ3n) is 2.83. The number of aryl methyl sites for hydroxylation is 2. The minimum Gasteiger partial charge on any atom is -0.428 e. The Kier molecular flexibility index (Phi) is 5.61. The lowest BCUT2D eigenvalue weighted by molar-refractivity contribution is 0.0205. The van der Waals surface area contributed by atoms with E-state index in [4.69, 9.17) is 9.47 Å². The fourth-order valence-electron chi connectivity index (χ4n) is 1.80. The molecule has 0 amide bonds. The number of hydrogen-bond acceptors (Lipinski definition) is 3. The Labute approximate surface area is 122 Å². The van der Waals surface area contributed by atoms with Crippen molar-refractivity contribution in [2.75, 3.05) is 0 Å². The number of rotatable bonds is 4. The first kappa shape index (κ1) is 16.5. The summed E-state index contributed by atoms with van der Waals surface area (Å²) in [5.41, 5.74) is 1.69. The van der Waals surface area contributed by atoms with Gasteiger partial charge in [0.05, 0.1) is 0 Å². The second-order valence-corrected chi connectivity index (χ2v) is 6.60. The molecule has 3 heteroatoms. The second kappa shape index (κ2) is 6.78. The highest BCUT2D eigenvalue weighted by Crippen LogP contribution is 2.22. The number of carbonyl (C=O) groups excluding carboxylic acids is 1. The maximum atomic E-state index is 11.6. The summed E-state index contributed by atoms with van der Waals surface area (Å²) in [7, 11) is 0. The average molecular weight is 278 g/mol. The molecule has 0 fully saturated rings. The Bertz CT molecular complexity index is 456. The number of hydrogen-bond donors (Lipinski definition) is 0. The molecule has 1 aromatic carbocycles. The minimum atomic E-state index is -0.657. The van der Waals surface area contributed by atoms with E-state index in [-0.39, 0.29) is 0 Å². The molecule has 112 valence electrons. The summed E-state index contributed by atoms with van der Waals surface area (Å²) in [5, 5.41) is 0. The van der Waals surface area contributed by atoms with Crippen molar-refractivity contribution in [1.82, 2.24) is 0 Å². The van der Waals surface area contributed by atoms with Gasteiger partial charge < -0.3 is 9.47 Å². The molecule has 0 N–H and O–H groups in total. The van der Waals surface area contributed by atoms with Crippen LogP contribution in [0.15, 0.2) is 18.2 Å². The quantitative estimate of drug-likeness (QED) is 0.580. The van der Waals surface area contributed by atoms with Crippen molar-refractivity contribution >= 4 is 6.16 Å². The van der Waals surface area contributed by atoms with Crippen molar-refractivity contribution in [3.63, 3.8) is 0 Å². The lowest BCUT2D eigenvalue weighted by Crippen LogP contribution is -2.26. The third-order valence-corrected chi connectivity index (χ3v) is 2.83. The fourth-order valence-corrected chi connectivity index (χ4v) is 1.80. The standard InChI is InChI=1S/C17H26O3/c1-12(2)7-8-14-9-10-15(13(3)11-14)19-16(18)20-17(4,5)6/h9-12H,7-8H2,1-6H3. The highest BCUT2D eigenvalue weighted by atomic mass is 16.7. The topological polar surface area (TPSA) is 35.5 Å². The van der Waals surface area contributed by atoms with E-state index in [1.54, 1.807) is 0 Å². The fraction of sp³-hybridized carbons (Fsp3) is 0.588. The van der Waals surface area contributed by atoms with Gasteiger partial charge in [0.25, 0.3) is 0 Å². The highest BCUT2D eigenvalue weighted by Gasteiger charge is 2.18. The van der Waals surface area contributed by atoms with Gasteiger partial charge in [-0.15, -0.1) is 0 Å². The van der Waals surface area contributed by atoms with Crippen molar-refractivity contribution in [3.05, 3.63) is 29.3 Å². The van der Waals surface area contributed by atoms with E-state index < -0.39 is 11.8 Å². The van der Waals surface area contributed by atoms with E-state index in [1.807, 2.05) is 39.8 Å². The molecule has 0 bridgehead atoms. The predicted molar refractivity (Wildman–Crippen MR) is 81.2 cm³/mol. The molecule has 0 heterocycles. The van der Waals surface area contributed by atoms with Crippen molar-refractivity contribution in [3.8, 4) is 5.75 Å². The molecule has 0 atom stereocenters. The average Bonchev–Trinajstić information content (AvgIpc) is 2.27. The molecule has 0 aliphatic rings. The molecule has 0 unspecified atom stereocenters. The van der Waals surface area contributed by atoms with Crippen LogP contribution in [0.2, 0.25) is 0 Å². The molecule has 0 aromatic heterocycles. The van der Waals surface area contributed by atoms with Crippen molar-refractivity contribution in [2.45, 2.75) is 60.0 Å². The second-order valence-electron chi connectivity index (χ2n) is 6.60. The first-order chi connectivity index (χ1) is 9.17. The summed E-state index contributed by atoms with van der Waals surface area (Å²) in [5.74, 6) is 1.25. The molecule has 0 spiro atoms. The number of carbonyl (C=O) groups is 1. The smallest absolute Gasteiger partial charge is 0.428 e. The zero-order valence-corrected chi connectivity index (χ0v) is 13.4. The van der Waals surface area contributed by atoms with Gasteiger partial charge in [0.15, 0.2) is 0 Å². The molecule has 3 nitrogen and oxygen atoms in total. The minimum absolute atomic E-state index is 0.539. The Morgan fingerprint density at radius 2 is 1.90 bits per heavy atom. The lowest BCUT2D eigenvalue weighted by atomic mass is 10.0. The normalized spacial score (nSPS) is 11.6. The van der Waals surface area contributed by atoms with Gasteiger partial charge in [-0.2, -0.15) is 0 Å². The van der Waals surface area contributed by atoms with E-state index in [2.05, 4.69) is 19.9 Å². The molecule has 0 saturated heterocycles. The van der Waals surface area contributed by atoms with Crippen molar-refractivity contribution in [1.29, 1.82) is 0 Å². The van der Waals surface area contributed by atoms with Crippen LogP contribution in [0.4, 0.5) is 4.79 Å². The van der Waals surface area contributed by atoms with Gasteiger partial charge in [0, 0.05) is 0 Å². The van der Waals surface area contributed by atoms with Crippen LogP contribution in [0.3, 0.4) is 0 Å². The summed E-state index contributed by atoms with van der Waals surface area (Å²) in [4.78, 5) is 11.6. The summed E-state index contributed by atoms with van der Waals surface area (Å²) >= 11 is 0. The van der Waals surface area contributed by atoms with Gasteiger partial charge in [0.2, 0.25) is 0 Å². The van der Waals surface area contributed by atoms with Crippen LogP contribution in [0.5, 0.6) is 5.75 Å². The molecule has 1 rings (SSSR count). The van der Waals surface area contributed by atoms with Crippen LogP contribution in [0, 0.1) is 12.8 Å². The zero-order valence-electron chi connectivity index (χ0n) is 13.4. The SMILES string of the molecule is Cc1cc(CCC(C)C)ccc1OC(=O)OC(C)(C)C. The molecule has 1 aromatic rings. The van der Waals surface area contributed by atoms with E-state index in [1.165, 1.54) is 5.56 Å². The molecule has 20 heavy (non-hydrogen) atoms. The van der Waals surface area contributed by atoms with E-state index in [0.29, 0.717) is 11.7 Å². The number of ether oxygens (including phenoxy) is 2. The van der Waals surface area contributed by atoms with Crippen LogP contribution in [-0.2, 0) is 11.2 Å². The molecule has 0 saturated carbocycles. The number of benzene rings is 1. The Balaban J connectivity index is 2.66. The van der Waals surface area contributed by atoms with Gasteiger partial charge >= 0.3 is 6.16 Å². The first-order valence-corrected chi connectivity index (χ1v) is 7.18. The van der Waals surface area contributed by atoms with Gasteiger partial charge in [-0.25, -0.2) is 4.79 Å². The molecule has 0 radical (unpaired) electrons. The molecule has 0 aliphatic heterocycles. The first-order valence-electron chi connectivity index (χ1n) is 7.18. The van der Waals surface area contributed by atoms with Crippen LogP contribution >= 0.6 is 0 Å². The van der Waals surface area contributed by atoms with Gasteiger partial charge in [-0.1, -0.05) is 26.0 Å². The maximum absolute atomic E-state index is 11.6. The van der Waals surface area contributed by atoms with E-state index in [9.17, 15) is 4.79 Å². The molecular weight excluding hydrogens is 252 g/mol. The van der Waals surface area contributed by atoms with Crippen LogP contribution in [0.25, 0.3) is 0 Å². The Morgan fingerprint density at radius 3 is 2.40 bits per heavy atom. The van der Waals surface area contributed by atoms with E-state index >= 15 is 0 Å². The van der Waals surface area contributed by atoms with Crippen LogP contribution < -0.4 is 4.74 Å². The van der Waals surface area contributed by atoms with Gasteiger partial charge in [-0.3, -0.25) is 0 Å². The van der Waals surface area contributed by atoms with Crippen LogP contribution in [0.1, 0.15) is 52.2 Å². The summed E-state index contributed by atoms with van der Waals surface area (Å²) in [6.07, 6.45) is 1.55. The largest absolute Gasteiger partial charge is 0.514 e. The van der Waals surface area contributed by atoms with E-state index in [0.717, 1.165) is 18.4 Å². The lowest BCUT2D eigenvalue weighted by Gasteiger charge is -2.19. The Hall–Kier alpha value is -1.51. The van der Waals surface area contributed by atoms with Gasteiger partial charge in [0.1, 0.15) is 11.4 Å². The summed E-state index contributed by atoms with van der Waals surface area (Å²) in [6.45, 7) is 11.8. The maximum Gasteiger partial charge on any atom is 0.514 e. The monoisotopic (exact) mass is 278 g/mol. The molecule has 0 aliphatic carbocycles. The van der Waals surface area contributed by atoms with Crippen LogP contribution in [-0.4, -0.2) is 11.8 Å². The molecular formula is C17H26O3. The third kappa shape index (κ3) is 6.09. The van der Waals surface area contributed by atoms with Crippen molar-refractivity contribution in [2.24, 2.45) is 5.92 Å². The summed E-state index contributed by atoms with van der Waals surface area (Å²) in [6, 6.07) is 5.92. The highest BCUT2D eigenvalue weighted by molar-refractivity contribution is 5.65. The van der Waals surface area contributed by atoms with Crippen molar-refractivity contribution < 1.29 is 14.3 Å². The Morgan fingerprint density at radius 1 is 1.25 bits per heavy atom. The predicted octanol–water partition coefficient (Wildman–Crippen LogP) is 4.90. The summed E-state index contributed by atoms with van der Waals surface area (Å²) < 4.78 is 10.4. The zero-order chi connectivity index (χ0) is 15.3. The van der Waals surface area contributed by atoms with Gasteiger partial charge in [-0.05, 0) is 63.6 Å².